The van der Waals surface area contributed by atoms with Crippen molar-refractivity contribution in [2.75, 3.05) is 13.7 Å². The molecule has 0 bridgehead atoms. The quantitative estimate of drug-likeness (QED) is 0.715. The van der Waals surface area contributed by atoms with Gasteiger partial charge in [-0.25, -0.2) is 4.68 Å². The first-order chi connectivity index (χ1) is 13.5. The van der Waals surface area contributed by atoms with Gasteiger partial charge in [-0.3, -0.25) is 4.79 Å². The number of hydrogen-bond acceptors (Lipinski definition) is 7. The van der Waals surface area contributed by atoms with Crippen molar-refractivity contribution >= 4 is 5.91 Å². The maximum Gasteiger partial charge on any atom is 0.274 e. The Morgan fingerprint density at radius 2 is 2.25 bits per heavy atom. The van der Waals surface area contributed by atoms with E-state index in [2.05, 4.69) is 20.8 Å². The summed E-state index contributed by atoms with van der Waals surface area (Å²) in [7, 11) is 1.61. The Hall–Kier alpha value is -3.36. The molecule has 0 saturated heterocycles. The standard InChI is InChI=1S/C19H21N5O4/c1-11-7-14(22-28-11)9-24-12(2)17(21-23-24)19(25)20-15-8-13-5-4-6-16(26-3)18(13)27-10-15/h4-7,15H,8-10H2,1-3H3,(H,20,25). The third-order valence-corrected chi connectivity index (χ3v) is 4.70. The number of rotatable bonds is 5. The number of para-hydroxylation sites is 1. The first kappa shape index (κ1) is 18.0. The topological polar surface area (TPSA) is 104 Å². The first-order valence-electron chi connectivity index (χ1n) is 8.97. The molecule has 0 fully saturated rings. The van der Waals surface area contributed by atoms with Crippen molar-refractivity contribution < 1.29 is 18.8 Å². The van der Waals surface area contributed by atoms with Gasteiger partial charge in [-0.05, 0) is 26.3 Å². The third-order valence-electron chi connectivity index (χ3n) is 4.70. The number of nitrogens with one attached hydrogen (secondary N) is 1. The highest BCUT2D eigenvalue weighted by Gasteiger charge is 2.26. The summed E-state index contributed by atoms with van der Waals surface area (Å²) in [6.07, 6.45) is 0.656. The van der Waals surface area contributed by atoms with Gasteiger partial charge in [0.05, 0.1) is 25.4 Å². The average molecular weight is 383 g/mol. The van der Waals surface area contributed by atoms with Gasteiger partial charge in [0.15, 0.2) is 17.2 Å². The minimum absolute atomic E-state index is 0.158. The number of carbonyl (C=O) groups excluding carboxylic acids is 1. The molecule has 9 heteroatoms. The van der Waals surface area contributed by atoms with Crippen LogP contribution in [-0.4, -0.2) is 45.8 Å². The van der Waals surface area contributed by atoms with Crippen LogP contribution in [0.25, 0.3) is 0 Å². The summed E-state index contributed by atoms with van der Waals surface area (Å²) in [5, 5.41) is 15.0. The first-order valence-corrected chi connectivity index (χ1v) is 8.97. The molecule has 0 spiro atoms. The van der Waals surface area contributed by atoms with E-state index in [1.807, 2.05) is 31.2 Å². The molecule has 1 N–H and O–H groups in total. The number of fused-ring (bicyclic) bond motifs is 1. The van der Waals surface area contributed by atoms with Crippen LogP contribution in [0.4, 0.5) is 0 Å². The van der Waals surface area contributed by atoms with Gasteiger partial charge in [0.1, 0.15) is 18.1 Å². The van der Waals surface area contributed by atoms with E-state index in [4.69, 9.17) is 14.0 Å². The van der Waals surface area contributed by atoms with Crippen LogP contribution in [0.5, 0.6) is 11.5 Å². The third kappa shape index (κ3) is 3.42. The second kappa shape index (κ2) is 7.34. The molecule has 1 unspecified atom stereocenters. The van der Waals surface area contributed by atoms with Gasteiger partial charge < -0.3 is 19.3 Å². The largest absolute Gasteiger partial charge is 0.493 e. The van der Waals surface area contributed by atoms with Crippen molar-refractivity contribution in [1.82, 2.24) is 25.5 Å². The van der Waals surface area contributed by atoms with Gasteiger partial charge in [0.25, 0.3) is 5.91 Å². The van der Waals surface area contributed by atoms with Crippen molar-refractivity contribution in [2.45, 2.75) is 32.9 Å². The molecule has 28 heavy (non-hydrogen) atoms. The van der Waals surface area contributed by atoms with Crippen LogP contribution in [0.1, 0.15) is 33.2 Å². The average Bonchev–Trinajstić information content (AvgIpc) is 3.27. The highest BCUT2D eigenvalue weighted by Crippen LogP contribution is 2.34. The van der Waals surface area contributed by atoms with Crippen LogP contribution in [-0.2, 0) is 13.0 Å². The lowest BCUT2D eigenvalue weighted by Crippen LogP contribution is -2.43. The van der Waals surface area contributed by atoms with Crippen molar-refractivity contribution in [3.05, 3.63) is 52.7 Å². The summed E-state index contributed by atoms with van der Waals surface area (Å²) in [4.78, 5) is 12.7. The number of carbonyl (C=O) groups is 1. The fraction of sp³-hybridized carbons (Fsp3) is 0.368. The van der Waals surface area contributed by atoms with Gasteiger partial charge in [-0.1, -0.05) is 22.5 Å². The van der Waals surface area contributed by atoms with E-state index >= 15 is 0 Å². The second-order valence-electron chi connectivity index (χ2n) is 6.74. The lowest BCUT2D eigenvalue weighted by molar-refractivity contribution is 0.0908. The van der Waals surface area contributed by atoms with Crippen molar-refractivity contribution in [2.24, 2.45) is 0 Å². The lowest BCUT2D eigenvalue weighted by Gasteiger charge is -2.27. The monoisotopic (exact) mass is 383 g/mol. The molecule has 0 aliphatic carbocycles. The Bertz CT molecular complexity index is 1010. The summed E-state index contributed by atoms with van der Waals surface area (Å²) in [6.45, 7) is 4.39. The minimum atomic E-state index is -0.278. The highest BCUT2D eigenvalue weighted by atomic mass is 16.5. The van der Waals surface area contributed by atoms with Crippen molar-refractivity contribution in [3.63, 3.8) is 0 Å². The number of amides is 1. The Morgan fingerprint density at radius 3 is 3.00 bits per heavy atom. The fourth-order valence-electron chi connectivity index (χ4n) is 3.27. The number of aromatic nitrogens is 4. The lowest BCUT2D eigenvalue weighted by atomic mass is 10.0. The molecule has 2 aromatic heterocycles. The van der Waals surface area contributed by atoms with Crippen LogP contribution < -0.4 is 14.8 Å². The van der Waals surface area contributed by atoms with Crippen molar-refractivity contribution in [1.29, 1.82) is 0 Å². The maximum absolute atomic E-state index is 12.7. The molecule has 1 atom stereocenters. The summed E-state index contributed by atoms with van der Waals surface area (Å²) < 4.78 is 17.8. The molecule has 1 amide bonds. The normalized spacial score (nSPS) is 15.6. The van der Waals surface area contributed by atoms with Gasteiger partial charge in [0.2, 0.25) is 0 Å². The van der Waals surface area contributed by atoms with Gasteiger partial charge >= 0.3 is 0 Å². The van der Waals surface area contributed by atoms with E-state index in [9.17, 15) is 4.79 Å². The SMILES string of the molecule is COc1cccc2c1OCC(NC(=O)c1nnn(Cc3cc(C)on3)c1C)C2. The zero-order valence-electron chi connectivity index (χ0n) is 15.9. The molecular weight excluding hydrogens is 362 g/mol. The number of hydrogen-bond donors (Lipinski definition) is 1. The summed E-state index contributed by atoms with van der Waals surface area (Å²) >= 11 is 0. The smallest absolute Gasteiger partial charge is 0.274 e. The van der Waals surface area contributed by atoms with Gasteiger partial charge in [0, 0.05) is 11.6 Å². The minimum Gasteiger partial charge on any atom is -0.493 e. The van der Waals surface area contributed by atoms with Crippen LogP contribution in [0.15, 0.2) is 28.8 Å². The van der Waals surface area contributed by atoms with Gasteiger partial charge in [-0.15, -0.1) is 5.10 Å². The Morgan fingerprint density at radius 1 is 1.39 bits per heavy atom. The molecule has 3 heterocycles. The molecule has 0 radical (unpaired) electrons. The molecular formula is C19H21N5O4. The predicted molar refractivity (Wildman–Crippen MR) is 98.5 cm³/mol. The zero-order chi connectivity index (χ0) is 19.7. The van der Waals surface area contributed by atoms with E-state index in [-0.39, 0.29) is 17.6 Å². The number of ether oxygens (including phenoxy) is 2. The molecule has 3 aromatic rings. The predicted octanol–water partition coefficient (Wildman–Crippen LogP) is 1.67. The van der Waals surface area contributed by atoms with E-state index < -0.39 is 0 Å². The van der Waals surface area contributed by atoms with Crippen LogP contribution in [0.2, 0.25) is 0 Å². The number of aryl methyl sites for hydroxylation is 1. The maximum atomic E-state index is 12.7. The van der Waals surface area contributed by atoms with Crippen LogP contribution in [0, 0.1) is 13.8 Å². The van der Waals surface area contributed by atoms with Gasteiger partial charge in [-0.2, -0.15) is 0 Å². The summed E-state index contributed by atoms with van der Waals surface area (Å²) in [5.41, 5.74) is 2.68. The number of nitrogens with zero attached hydrogens (tertiary/aromatic N) is 4. The Balaban J connectivity index is 1.44. The highest BCUT2D eigenvalue weighted by molar-refractivity contribution is 5.93. The zero-order valence-corrected chi connectivity index (χ0v) is 15.9. The summed E-state index contributed by atoms with van der Waals surface area (Å²) in [6, 6.07) is 7.40. The molecule has 1 aliphatic rings. The van der Waals surface area contributed by atoms with Crippen LogP contribution >= 0.6 is 0 Å². The van der Waals surface area contributed by atoms with E-state index in [1.165, 1.54) is 0 Å². The van der Waals surface area contributed by atoms with Crippen molar-refractivity contribution in [3.8, 4) is 11.5 Å². The van der Waals surface area contributed by atoms with Crippen LogP contribution in [0.3, 0.4) is 0 Å². The molecule has 4 rings (SSSR count). The second-order valence-corrected chi connectivity index (χ2v) is 6.74. The molecule has 0 saturated carbocycles. The molecule has 1 aliphatic heterocycles. The van der Waals surface area contributed by atoms with E-state index in [0.717, 1.165) is 22.8 Å². The van der Waals surface area contributed by atoms with E-state index in [1.54, 1.807) is 18.7 Å². The molecule has 146 valence electrons. The fourth-order valence-corrected chi connectivity index (χ4v) is 3.27. The molecule has 1 aromatic carbocycles. The Kier molecular flexibility index (Phi) is 4.72. The summed E-state index contributed by atoms with van der Waals surface area (Å²) in [5.74, 6) is 1.88. The van der Waals surface area contributed by atoms with E-state index in [0.29, 0.717) is 31.0 Å². The number of methoxy groups -OCH3 is 1. The Labute approximate surface area is 161 Å². The molecule has 9 nitrogen and oxygen atoms in total. The number of benzene rings is 1.